The van der Waals surface area contributed by atoms with E-state index in [1.54, 1.807) is 17.5 Å². The zero-order valence-electron chi connectivity index (χ0n) is 12.4. The van der Waals surface area contributed by atoms with Crippen molar-refractivity contribution in [2.45, 2.75) is 31.7 Å². The van der Waals surface area contributed by atoms with E-state index in [9.17, 15) is 4.79 Å². The highest BCUT2D eigenvalue weighted by Crippen LogP contribution is 2.19. The van der Waals surface area contributed by atoms with E-state index in [4.69, 9.17) is 0 Å². The number of nitrogens with zero attached hydrogens (tertiary/aromatic N) is 2. The van der Waals surface area contributed by atoms with Gasteiger partial charge in [-0.05, 0) is 31.5 Å². The fourth-order valence-electron chi connectivity index (χ4n) is 2.59. The molecule has 1 unspecified atom stereocenters. The van der Waals surface area contributed by atoms with Gasteiger partial charge in [0.05, 0.1) is 16.4 Å². The number of aromatic nitrogens is 2. The Labute approximate surface area is 134 Å². The van der Waals surface area contributed by atoms with Crippen molar-refractivity contribution < 1.29 is 4.79 Å². The smallest absolute Gasteiger partial charge is 0.221 e. The van der Waals surface area contributed by atoms with E-state index in [1.807, 2.05) is 23.6 Å². The highest BCUT2D eigenvalue weighted by atomic mass is 32.1. The molecule has 2 aromatic rings. The first-order valence-electron chi connectivity index (χ1n) is 7.67. The van der Waals surface area contributed by atoms with Gasteiger partial charge in [0.15, 0.2) is 0 Å². The second-order valence-electron chi connectivity index (χ2n) is 5.44. The van der Waals surface area contributed by atoms with E-state index in [1.165, 1.54) is 6.42 Å². The molecule has 3 heterocycles. The third kappa shape index (κ3) is 4.11. The van der Waals surface area contributed by atoms with Crippen LogP contribution in [0.5, 0.6) is 0 Å². The zero-order valence-corrected chi connectivity index (χ0v) is 13.2. The molecule has 0 spiro atoms. The monoisotopic (exact) mass is 316 g/mol. The summed E-state index contributed by atoms with van der Waals surface area (Å²) in [6.45, 7) is 1.67. The van der Waals surface area contributed by atoms with Gasteiger partial charge in [-0.1, -0.05) is 6.07 Å². The van der Waals surface area contributed by atoms with Crippen LogP contribution in [0.15, 0.2) is 29.8 Å². The van der Waals surface area contributed by atoms with Crippen molar-refractivity contribution in [3.63, 3.8) is 0 Å². The van der Waals surface area contributed by atoms with Gasteiger partial charge >= 0.3 is 0 Å². The SMILES string of the molecule is O=C(CC1CCCN1)NCCc1nc(-c2ccccn2)cs1. The molecule has 0 saturated carbocycles. The highest BCUT2D eigenvalue weighted by Gasteiger charge is 2.17. The number of hydrogen-bond donors (Lipinski definition) is 2. The van der Waals surface area contributed by atoms with Gasteiger partial charge in [-0.3, -0.25) is 9.78 Å². The molecular formula is C16H20N4OS. The van der Waals surface area contributed by atoms with E-state index >= 15 is 0 Å². The second kappa shape index (κ2) is 7.47. The van der Waals surface area contributed by atoms with Crippen molar-refractivity contribution in [3.8, 4) is 11.4 Å². The van der Waals surface area contributed by atoms with Crippen LogP contribution in [0, 0.1) is 0 Å². The average molecular weight is 316 g/mol. The highest BCUT2D eigenvalue weighted by molar-refractivity contribution is 7.09. The Morgan fingerprint density at radius 3 is 3.14 bits per heavy atom. The molecule has 5 nitrogen and oxygen atoms in total. The molecule has 2 aromatic heterocycles. The van der Waals surface area contributed by atoms with Gasteiger partial charge in [-0.2, -0.15) is 0 Å². The summed E-state index contributed by atoms with van der Waals surface area (Å²) in [4.78, 5) is 20.7. The summed E-state index contributed by atoms with van der Waals surface area (Å²) >= 11 is 1.61. The fraction of sp³-hybridized carbons (Fsp3) is 0.438. The first kappa shape index (κ1) is 15.1. The number of pyridine rings is 1. The lowest BCUT2D eigenvalue weighted by Crippen LogP contribution is -2.32. The quantitative estimate of drug-likeness (QED) is 0.855. The summed E-state index contributed by atoms with van der Waals surface area (Å²) in [7, 11) is 0. The largest absolute Gasteiger partial charge is 0.356 e. The van der Waals surface area contributed by atoms with Gasteiger partial charge < -0.3 is 10.6 Å². The molecule has 0 aliphatic carbocycles. The lowest BCUT2D eigenvalue weighted by Gasteiger charge is -2.09. The van der Waals surface area contributed by atoms with E-state index < -0.39 is 0 Å². The molecule has 1 fully saturated rings. The van der Waals surface area contributed by atoms with Crippen LogP contribution < -0.4 is 10.6 Å². The van der Waals surface area contributed by atoms with Crippen LogP contribution in [-0.4, -0.2) is 35.0 Å². The summed E-state index contributed by atoms with van der Waals surface area (Å²) in [5.41, 5.74) is 1.79. The molecule has 0 aromatic carbocycles. The summed E-state index contributed by atoms with van der Waals surface area (Å²) in [5.74, 6) is 0.126. The van der Waals surface area contributed by atoms with Gasteiger partial charge in [-0.25, -0.2) is 4.98 Å². The Morgan fingerprint density at radius 2 is 2.36 bits per heavy atom. The number of carbonyl (C=O) groups is 1. The molecule has 116 valence electrons. The molecule has 1 saturated heterocycles. The van der Waals surface area contributed by atoms with E-state index in [-0.39, 0.29) is 5.91 Å². The van der Waals surface area contributed by atoms with Crippen LogP contribution in [-0.2, 0) is 11.2 Å². The number of hydrogen-bond acceptors (Lipinski definition) is 5. The maximum Gasteiger partial charge on any atom is 0.221 e. The molecular weight excluding hydrogens is 296 g/mol. The minimum Gasteiger partial charge on any atom is -0.356 e. The number of rotatable bonds is 6. The van der Waals surface area contributed by atoms with Gasteiger partial charge in [0.25, 0.3) is 0 Å². The minimum absolute atomic E-state index is 0.126. The molecule has 3 rings (SSSR count). The number of thiazole rings is 1. The first-order valence-corrected chi connectivity index (χ1v) is 8.55. The second-order valence-corrected chi connectivity index (χ2v) is 6.38. The Kier molecular flexibility index (Phi) is 5.13. The summed E-state index contributed by atoms with van der Waals surface area (Å²) in [5, 5.41) is 9.36. The van der Waals surface area contributed by atoms with Crippen LogP contribution in [0.1, 0.15) is 24.3 Å². The lowest BCUT2D eigenvalue weighted by atomic mass is 10.1. The average Bonchev–Trinajstić information content (AvgIpc) is 3.20. The molecule has 1 aliphatic heterocycles. The Morgan fingerprint density at radius 1 is 1.41 bits per heavy atom. The van der Waals surface area contributed by atoms with E-state index in [2.05, 4.69) is 20.6 Å². The molecule has 1 aliphatic rings. The predicted octanol–water partition coefficient (Wildman–Crippen LogP) is 2.01. The maximum absolute atomic E-state index is 11.8. The number of amides is 1. The van der Waals surface area contributed by atoms with Crippen LogP contribution in [0.25, 0.3) is 11.4 Å². The first-order chi connectivity index (χ1) is 10.8. The van der Waals surface area contributed by atoms with Crippen molar-refractivity contribution in [3.05, 3.63) is 34.8 Å². The Hall–Kier alpha value is -1.79. The maximum atomic E-state index is 11.8. The number of nitrogens with one attached hydrogen (secondary N) is 2. The molecule has 0 radical (unpaired) electrons. The summed E-state index contributed by atoms with van der Waals surface area (Å²) < 4.78 is 0. The van der Waals surface area contributed by atoms with Crippen molar-refractivity contribution in [2.24, 2.45) is 0 Å². The van der Waals surface area contributed by atoms with Crippen LogP contribution in [0.3, 0.4) is 0 Å². The third-order valence-electron chi connectivity index (χ3n) is 3.73. The molecule has 1 atom stereocenters. The topological polar surface area (TPSA) is 66.9 Å². The van der Waals surface area contributed by atoms with E-state index in [0.29, 0.717) is 19.0 Å². The zero-order chi connectivity index (χ0) is 15.2. The van der Waals surface area contributed by atoms with Gasteiger partial charge in [0, 0.05) is 37.0 Å². The molecule has 6 heteroatoms. The summed E-state index contributed by atoms with van der Waals surface area (Å²) in [6.07, 6.45) is 5.39. The van der Waals surface area contributed by atoms with Crippen LogP contribution in [0.4, 0.5) is 0 Å². The molecule has 1 amide bonds. The van der Waals surface area contributed by atoms with Crippen molar-refractivity contribution >= 4 is 17.2 Å². The lowest BCUT2D eigenvalue weighted by molar-refractivity contribution is -0.121. The van der Waals surface area contributed by atoms with Crippen molar-refractivity contribution in [1.29, 1.82) is 0 Å². The predicted molar refractivity (Wildman–Crippen MR) is 87.7 cm³/mol. The van der Waals surface area contributed by atoms with Crippen molar-refractivity contribution in [2.75, 3.05) is 13.1 Å². The minimum atomic E-state index is 0.126. The Balaban J connectivity index is 1.44. The normalized spacial score (nSPS) is 17.5. The Bertz CT molecular complexity index is 608. The van der Waals surface area contributed by atoms with Gasteiger partial charge in [-0.15, -0.1) is 11.3 Å². The molecule has 2 N–H and O–H groups in total. The van der Waals surface area contributed by atoms with E-state index in [0.717, 1.165) is 35.8 Å². The third-order valence-corrected chi connectivity index (χ3v) is 4.64. The van der Waals surface area contributed by atoms with Crippen LogP contribution >= 0.6 is 11.3 Å². The van der Waals surface area contributed by atoms with Crippen LogP contribution in [0.2, 0.25) is 0 Å². The standard InChI is InChI=1S/C16H20N4OS/c21-15(10-12-4-3-8-17-12)19-9-6-16-20-14(11-22-16)13-5-1-2-7-18-13/h1-2,5,7,11-12,17H,3-4,6,8-10H2,(H,19,21). The molecule has 0 bridgehead atoms. The summed E-state index contributed by atoms with van der Waals surface area (Å²) in [6, 6.07) is 6.16. The van der Waals surface area contributed by atoms with Crippen molar-refractivity contribution in [1.82, 2.24) is 20.6 Å². The fourth-order valence-corrected chi connectivity index (χ4v) is 3.39. The molecule has 22 heavy (non-hydrogen) atoms. The van der Waals surface area contributed by atoms with Gasteiger partial charge in [0.2, 0.25) is 5.91 Å². The van der Waals surface area contributed by atoms with Gasteiger partial charge in [0.1, 0.15) is 0 Å². The number of carbonyl (C=O) groups excluding carboxylic acids is 1.